The molecule has 0 spiro atoms. The van der Waals surface area contributed by atoms with Crippen LogP contribution in [0.1, 0.15) is 0 Å². The maximum absolute atomic E-state index is 14.2. The molecular weight excluding hydrogens is 594 g/mol. The van der Waals surface area contributed by atoms with Gasteiger partial charge < -0.3 is 9.80 Å². The first-order valence-corrected chi connectivity index (χ1v) is 16.0. The second kappa shape index (κ2) is 11.2. The van der Waals surface area contributed by atoms with Gasteiger partial charge in [0, 0.05) is 44.3 Å². The minimum absolute atomic E-state index is 0.273. The van der Waals surface area contributed by atoms with Crippen molar-refractivity contribution in [3.05, 3.63) is 181 Å². The van der Waals surface area contributed by atoms with Crippen molar-refractivity contribution in [3.8, 4) is 0 Å². The molecule has 228 valence electrons. The SMILES string of the molecule is Fc1ccc(N(c2ccccc2)c2ccc3c4ccccc4c4c(N(c5ccccc5)c5ccc(F)cc5)ccc5ccc2c3c54)cc1. The molecule has 0 amide bonds. The fourth-order valence-electron chi connectivity index (χ4n) is 7.24. The molecule has 9 aromatic carbocycles. The van der Waals surface area contributed by atoms with Crippen molar-refractivity contribution >= 4 is 77.2 Å². The van der Waals surface area contributed by atoms with Crippen molar-refractivity contribution in [1.29, 1.82) is 0 Å². The Bertz CT molecular complexity index is 2570. The van der Waals surface area contributed by atoms with Crippen LogP contribution in [0.5, 0.6) is 0 Å². The first-order chi connectivity index (χ1) is 23.7. The number of halogens is 2. The average Bonchev–Trinajstić information content (AvgIpc) is 3.14. The lowest BCUT2D eigenvalue weighted by Gasteiger charge is -2.30. The average molecular weight is 623 g/mol. The smallest absolute Gasteiger partial charge is 0.123 e. The summed E-state index contributed by atoms with van der Waals surface area (Å²) in [6, 6.07) is 55.6. The molecule has 0 N–H and O–H groups in total. The topological polar surface area (TPSA) is 6.48 Å². The van der Waals surface area contributed by atoms with E-state index >= 15 is 0 Å². The predicted molar refractivity (Wildman–Crippen MR) is 197 cm³/mol. The summed E-state index contributed by atoms with van der Waals surface area (Å²) in [6.07, 6.45) is 0. The van der Waals surface area contributed by atoms with Crippen LogP contribution in [0.15, 0.2) is 170 Å². The number of hydrogen-bond acceptors (Lipinski definition) is 2. The number of fused-ring (bicyclic) bond motifs is 3. The van der Waals surface area contributed by atoms with E-state index in [9.17, 15) is 8.78 Å². The van der Waals surface area contributed by atoms with Gasteiger partial charge in [-0.05, 0) is 106 Å². The van der Waals surface area contributed by atoms with E-state index in [0.29, 0.717) is 0 Å². The van der Waals surface area contributed by atoms with Crippen LogP contribution in [0.4, 0.5) is 42.9 Å². The highest BCUT2D eigenvalue weighted by Gasteiger charge is 2.24. The summed E-state index contributed by atoms with van der Waals surface area (Å²) in [4.78, 5) is 4.41. The summed E-state index contributed by atoms with van der Waals surface area (Å²) >= 11 is 0. The van der Waals surface area contributed by atoms with Crippen molar-refractivity contribution in [1.82, 2.24) is 0 Å². The predicted octanol–water partition coefficient (Wildman–Crippen LogP) is 13.0. The standard InChI is InChI=1S/C44H28F2N2/c45-30-17-21-34(22-18-30)47(32-9-3-1-4-10-32)40-28-26-38-36-13-7-8-14-37(36)44-41(27-16-29-15-25-39(40)43(38)42(29)44)48(33-11-5-2-6-12-33)35-23-19-31(46)20-24-35/h1-28H. The zero-order valence-corrected chi connectivity index (χ0v) is 25.8. The number of para-hydroxylation sites is 2. The minimum Gasteiger partial charge on any atom is -0.310 e. The van der Waals surface area contributed by atoms with E-state index in [2.05, 4.69) is 94.7 Å². The van der Waals surface area contributed by atoms with Crippen LogP contribution < -0.4 is 9.80 Å². The number of benzene rings is 9. The molecule has 9 aromatic rings. The van der Waals surface area contributed by atoms with E-state index in [1.165, 1.54) is 29.7 Å². The number of nitrogens with zero attached hydrogens (tertiary/aromatic N) is 2. The maximum atomic E-state index is 14.2. The zero-order valence-electron chi connectivity index (χ0n) is 25.8. The Labute approximate surface area is 276 Å². The number of hydrogen-bond donors (Lipinski definition) is 0. The van der Waals surface area contributed by atoms with Gasteiger partial charge in [0.15, 0.2) is 0 Å². The van der Waals surface area contributed by atoms with Gasteiger partial charge in [-0.1, -0.05) is 84.9 Å². The summed E-state index contributed by atoms with van der Waals surface area (Å²) < 4.78 is 28.4. The Morgan fingerprint density at radius 1 is 0.292 bits per heavy atom. The zero-order chi connectivity index (χ0) is 32.2. The van der Waals surface area contributed by atoms with Crippen LogP contribution in [0, 0.1) is 11.6 Å². The van der Waals surface area contributed by atoms with Crippen LogP contribution in [-0.4, -0.2) is 0 Å². The molecule has 48 heavy (non-hydrogen) atoms. The molecule has 0 saturated carbocycles. The lowest BCUT2D eigenvalue weighted by Crippen LogP contribution is -2.11. The molecule has 0 atom stereocenters. The van der Waals surface area contributed by atoms with Crippen LogP contribution >= 0.6 is 0 Å². The summed E-state index contributed by atoms with van der Waals surface area (Å²) in [7, 11) is 0. The lowest BCUT2D eigenvalue weighted by molar-refractivity contribution is 0.627. The molecule has 0 bridgehead atoms. The third-order valence-electron chi connectivity index (χ3n) is 9.28. The van der Waals surface area contributed by atoms with Crippen molar-refractivity contribution < 1.29 is 8.78 Å². The van der Waals surface area contributed by atoms with Crippen molar-refractivity contribution in [2.75, 3.05) is 9.80 Å². The van der Waals surface area contributed by atoms with E-state index in [4.69, 9.17) is 0 Å². The van der Waals surface area contributed by atoms with Gasteiger partial charge in [-0.2, -0.15) is 0 Å². The Kier molecular flexibility index (Phi) is 6.54. The third kappa shape index (κ3) is 4.45. The molecule has 0 heterocycles. The Morgan fingerprint density at radius 3 is 1.33 bits per heavy atom. The third-order valence-corrected chi connectivity index (χ3v) is 9.28. The first-order valence-electron chi connectivity index (χ1n) is 16.0. The van der Waals surface area contributed by atoms with Gasteiger partial charge in [0.1, 0.15) is 11.6 Å². The summed E-state index contributed by atoms with van der Waals surface area (Å²) in [5.74, 6) is -0.547. The second-order valence-corrected chi connectivity index (χ2v) is 12.0. The monoisotopic (exact) mass is 622 g/mol. The minimum atomic E-state index is -0.274. The number of anilines is 6. The van der Waals surface area contributed by atoms with Gasteiger partial charge in [0.05, 0.1) is 11.4 Å². The fraction of sp³-hybridized carbons (Fsp3) is 0. The van der Waals surface area contributed by atoms with E-state index in [1.807, 2.05) is 60.7 Å². The van der Waals surface area contributed by atoms with Crippen molar-refractivity contribution in [2.24, 2.45) is 0 Å². The van der Waals surface area contributed by atoms with Crippen LogP contribution in [0.3, 0.4) is 0 Å². The molecule has 0 unspecified atom stereocenters. The van der Waals surface area contributed by atoms with Crippen LogP contribution in [0.2, 0.25) is 0 Å². The fourth-order valence-corrected chi connectivity index (χ4v) is 7.24. The van der Waals surface area contributed by atoms with Gasteiger partial charge in [0.2, 0.25) is 0 Å². The van der Waals surface area contributed by atoms with Crippen molar-refractivity contribution in [2.45, 2.75) is 0 Å². The largest absolute Gasteiger partial charge is 0.310 e. The highest BCUT2D eigenvalue weighted by Crippen LogP contribution is 2.50. The maximum Gasteiger partial charge on any atom is 0.123 e. The Hall–Kier alpha value is -6.26. The second-order valence-electron chi connectivity index (χ2n) is 12.0. The van der Waals surface area contributed by atoms with Gasteiger partial charge in [-0.3, -0.25) is 0 Å². The summed E-state index contributed by atoms with van der Waals surface area (Å²) in [5, 5.41) is 9.14. The Morgan fingerprint density at radius 2 is 0.729 bits per heavy atom. The quantitative estimate of drug-likeness (QED) is 0.134. The molecule has 0 saturated heterocycles. The molecule has 4 heteroatoms. The molecule has 0 aromatic heterocycles. The Balaban J connectivity index is 1.41. The van der Waals surface area contributed by atoms with E-state index in [0.717, 1.165) is 71.8 Å². The van der Waals surface area contributed by atoms with Gasteiger partial charge in [0.25, 0.3) is 0 Å². The molecule has 9 rings (SSSR count). The highest BCUT2D eigenvalue weighted by atomic mass is 19.1. The summed E-state index contributed by atoms with van der Waals surface area (Å²) in [6.45, 7) is 0. The summed E-state index contributed by atoms with van der Waals surface area (Å²) in [5.41, 5.74) is 5.72. The molecule has 2 nitrogen and oxygen atoms in total. The number of rotatable bonds is 6. The van der Waals surface area contributed by atoms with Crippen molar-refractivity contribution in [3.63, 3.8) is 0 Å². The van der Waals surface area contributed by atoms with E-state index < -0.39 is 0 Å². The molecule has 0 aliphatic rings. The van der Waals surface area contributed by atoms with E-state index in [1.54, 1.807) is 0 Å². The molecule has 0 aliphatic heterocycles. The molecule has 0 aliphatic carbocycles. The molecule has 0 radical (unpaired) electrons. The normalized spacial score (nSPS) is 11.5. The lowest BCUT2D eigenvalue weighted by atomic mass is 9.87. The van der Waals surface area contributed by atoms with Gasteiger partial charge >= 0.3 is 0 Å². The van der Waals surface area contributed by atoms with Crippen LogP contribution in [-0.2, 0) is 0 Å². The molecule has 0 fully saturated rings. The van der Waals surface area contributed by atoms with Gasteiger partial charge in [-0.25, -0.2) is 8.78 Å². The highest BCUT2D eigenvalue weighted by molar-refractivity contribution is 6.37. The molecular formula is C44H28F2N2. The first kappa shape index (κ1) is 28.0. The van der Waals surface area contributed by atoms with E-state index in [-0.39, 0.29) is 11.6 Å². The van der Waals surface area contributed by atoms with Gasteiger partial charge in [-0.15, -0.1) is 0 Å². The van der Waals surface area contributed by atoms with Crippen LogP contribution in [0.25, 0.3) is 43.1 Å².